The highest BCUT2D eigenvalue weighted by atomic mass is 19.1. The summed E-state index contributed by atoms with van der Waals surface area (Å²) in [4.78, 5) is 8.94. The number of hydrogen-bond acceptors (Lipinski definition) is 4. The van der Waals surface area contributed by atoms with E-state index in [1.54, 1.807) is 20.1 Å². The van der Waals surface area contributed by atoms with Gasteiger partial charge in [-0.15, -0.1) is 0 Å². The van der Waals surface area contributed by atoms with Crippen LogP contribution in [0.4, 0.5) is 10.2 Å². The maximum Gasteiger partial charge on any atom is 0.150 e. The van der Waals surface area contributed by atoms with Gasteiger partial charge in [-0.25, -0.2) is 14.4 Å². The molecule has 0 bridgehead atoms. The zero-order chi connectivity index (χ0) is 19.5. The molecule has 0 amide bonds. The summed E-state index contributed by atoms with van der Waals surface area (Å²) in [5, 5.41) is 4.21. The predicted molar refractivity (Wildman–Crippen MR) is 109 cm³/mol. The maximum absolute atomic E-state index is 14.2. The third-order valence-corrected chi connectivity index (χ3v) is 4.70. The lowest BCUT2D eigenvalue weighted by molar-refractivity contribution is 0.210. The van der Waals surface area contributed by atoms with Gasteiger partial charge in [0.05, 0.1) is 12.0 Å². The van der Waals surface area contributed by atoms with Crippen LogP contribution in [0.2, 0.25) is 0 Å². The number of anilines is 1. The summed E-state index contributed by atoms with van der Waals surface area (Å²) in [5.41, 5.74) is 4.08. The molecule has 2 aromatic heterocycles. The summed E-state index contributed by atoms with van der Waals surface area (Å²) in [7, 11) is 1.66. The highest BCUT2D eigenvalue weighted by Gasteiger charge is 2.17. The summed E-state index contributed by atoms with van der Waals surface area (Å²) < 4.78 is 21.2. The van der Waals surface area contributed by atoms with Crippen LogP contribution in [-0.4, -0.2) is 34.8 Å². The van der Waals surface area contributed by atoms with Crippen LogP contribution in [0.25, 0.3) is 27.8 Å². The summed E-state index contributed by atoms with van der Waals surface area (Å²) >= 11 is 0. The molecule has 0 saturated heterocycles. The van der Waals surface area contributed by atoms with Gasteiger partial charge in [-0.1, -0.05) is 36.4 Å². The average molecular weight is 376 g/mol. The number of aryl methyl sites for hydroxylation is 1. The fourth-order valence-corrected chi connectivity index (χ4v) is 3.23. The molecule has 4 rings (SSSR count). The smallest absolute Gasteiger partial charge is 0.150 e. The van der Waals surface area contributed by atoms with Crippen LogP contribution in [0.5, 0.6) is 0 Å². The number of hydrogen-bond donors (Lipinski definition) is 1. The van der Waals surface area contributed by atoms with Crippen molar-refractivity contribution in [2.24, 2.45) is 0 Å². The maximum atomic E-state index is 14.2. The Bertz CT molecular complexity index is 1110. The van der Waals surface area contributed by atoms with E-state index in [1.165, 1.54) is 12.4 Å². The van der Waals surface area contributed by atoms with Gasteiger partial charge < -0.3 is 14.6 Å². The third-order valence-electron chi connectivity index (χ3n) is 4.70. The van der Waals surface area contributed by atoms with Crippen LogP contribution in [0, 0.1) is 12.7 Å². The number of rotatable bonds is 6. The van der Waals surface area contributed by atoms with Crippen molar-refractivity contribution in [1.82, 2.24) is 14.5 Å². The molecule has 0 aliphatic rings. The highest BCUT2D eigenvalue weighted by Crippen LogP contribution is 2.35. The van der Waals surface area contributed by atoms with Gasteiger partial charge in [0.25, 0.3) is 0 Å². The van der Waals surface area contributed by atoms with E-state index in [-0.39, 0.29) is 5.82 Å². The van der Waals surface area contributed by atoms with Gasteiger partial charge in [0.1, 0.15) is 18.0 Å². The zero-order valence-corrected chi connectivity index (χ0v) is 15.8. The van der Waals surface area contributed by atoms with E-state index in [0.717, 1.165) is 33.7 Å². The number of methoxy groups -OCH3 is 1. The molecule has 2 heterocycles. The molecule has 0 spiro atoms. The van der Waals surface area contributed by atoms with Crippen LogP contribution in [-0.2, 0) is 4.74 Å². The van der Waals surface area contributed by atoms with E-state index in [9.17, 15) is 4.39 Å². The minimum absolute atomic E-state index is 0.242. The number of fused-ring (bicyclic) bond motifs is 1. The second-order valence-corrected chi connectivity index (χ2v) is 6.55. The average Bonchev–Trinajstić information content (AvgIpc) is 3.11. The molecule has 142 valence electrons. The van der Waals surface area contributed by atoms with Crippen LogP contribution >= 0.6 is 0 Å². The molecular weight excluding hydrogens is 355 g/mol. The molecule has 0 atom stereocenters. The lowest BCUT2D eigenvalue weighted by atomic mass is 10.1. The molecule has 0 saturated carbocycles. The lowest BCUT2D eigenvalue weighted by Crippen LogP contribution is -2.09. The summed E-state index contributed by atoms with van der Waals surface area (Å²) in [6.45, 7) is 2.94. The van der Waals surface area contributed by atoms with E-state index in [4.69, 9.17) is 4.74 Å². The zero-order valence-electron chi connectivity index (χ0n) is 15.8. The highest BCUT2D eigenvalue weighted by molar-refractivity contribution is 6.02. The topological polar surface area (TPSA) is 52.0 Å². The Morgan fingerprint density at radius 1 is 1.11 bits per heavy atom. The van der Waals surface area contributed by atoms with E-state index >= 15 is 0 Å². The second-order valence-electron chi connectivity index (χ2n) is 6.55. The van der Waals surface area contributed by atoms with E-state index in [1.807, 2.05) is 47.2 Å². The normalized spacial score (nSPS) is 11.1. The molecule has 4 aromatic rings. The van der Waals surface area contributed by atoms with Crippen LogP contribution in [0.3, 0.4) is 0 Å². The predicted octanol–water partition coefficient (Wildman–Crippen LogP) is 4.59. The van der Waals surface area contributed by atoms with Gasteiger partial charge in [0.15, 0.2) is 5.65 Å². The first-order chi connectivity index (χ1) is 13.7. The molecule has 0 fully saturated rings. The van der Waals surface area contributed by atoms with Crippen molar-refractivity contribution in [3.8, 4) is 16.8 Å². The monoisotopic (exact) mass is 376 g/mol. The Morgan fingerprint density at radius 3 is 2.68 bits per heavy atom. The molecule has 2 aromatic carbocycles. The molecule has 6 heteroatoms. The first kappa shape index (κ1) is 18.1. The van der Waals surface area contributed by atoms with Gasteiger partial charge in [-0.05, 0) is 30.2 Å². The van der Waals surface area contributed by atoms with Gasteiger partial charge >= 0.3 is 0 Å². The minimum Gasteiger partial charge on any atom is -0.383 e. The number of ether oxygens (including phenoxy) is 1. The van der Waals surface area contributed by atoms with E-state index in [2.05, 4.69) is 15.3 Å². The molecule has 0 aliphatic carbocycles. The third kappa shape index (κ3) is 3.34. The number of nitrogens with zero attached hydrogens (tertiary/aromatic N) is 3. The number of halogens is 1. The van der Waals surface area contributed by atoms with Crippen molar-refractivity contribution >= 4 is 16.9 Å². The van der Waals surface area contributed by atoms with Gasteiger partial charge in [-0.2, -0.15) is 0 Å². The molecule has 0 radical (unpaired) electrons. The molecule has 0 unspecified atom stereocenters. The Morgan fingerprint density at radius 2 is 1.93 bits per heavy atom. The molecular formula is C22H21FN4O. The van der Waals surface area contributed by atoms with Crippen molar-refractivity contribution < 1.29 is 9.13 Å². The SMILES string of the molecule is COCCNc1ncnc2c1c(-c1ccccc1)cn2-c1ccc(C)c(F)c1. The number of aromatic nitrogens is 3. The summed E-state index contributed by atoms with van der Waals surface area (Å²) in [6, 6.07) is 15.2. The first-order valence-corrected chi connectivity index (χ1v) is 9.10. The minimum atomic E-state index is -0.242. The Kier molecular flexibility index (Phi) is 5.04. The number of nitrogens with one attached hydrogen (secondary N) is 1. The lowest BCUT2D eigenvalue weighted by Gasteiger charge is -2.09. The molecule has 0 aliphatic heterocycles. The van der Waals surface area contributed by atoms with Crippen LogP contribution < -0.4 is 5.32 Å². The van der Waals surface area contributed by atoms with Crippen LogP contribution in [0.1, 0.15) is 5.56 Å². The molecule has 5 nitrogen and oxygen atoms in total. The summed E-state index contributed by atoms with van der Waals surface area (Å²) in [5.74, 6) is 0.486. The van der Waals surface area contributed by atoms with Gasteiger partial charge in [0.2, 0.25) is 0 Å². The van der Waals surface area contributed by atoms with Crippen molar-refractivity contribution in [3.63, 3.8) is 0 Å². The Labute approximate surface area is 162 Å². The Hall–Kier alpha value is -3.25. The fourth-order valence-electron chi connectivity index (χ4n) is 3.23. The largest absolute Gasteiger partial charge is 0.383 e. The van der Waals surface area contributed by atoms with Gasteiger partial charge in [-0.3, -0.25) is 0 Å². The summed E-state index contributed by atoms with van der Waals surface area (Å²) in [6.07, 6.45) is 3.51. The Balaban J connectivity index is 1.94. The van der Waals surface area contributed by atoms with Crippen molar-refractivity contribution in [2.75, 3.05) is 25.6 Å². The van der Waals surface area contributed by atoms with Crippen molar-refractivity contribution in [2.45, 2.75) is 6.92 Å². The standard InChI is InChI=1S/C22H21FN4O/c1-15-8-9-17(12-19(15)23)27-13-18(16-6-4-3-5-7-16)20-21(24-10-11-28-2)25-14-26-22(20)27/h3-9,12-14H,10-11H2,1-2H3,(H,24,25,26). The molecule has 28 heavy (non-hydrogen) atoms. The van der Waals surface area contributed by atoms with Gasteiger partial charge in [0, 0.05) is 31.1 Å². The van der Waals surface area contributed by atoms with E-state index < -0.39 is 0 Å². The fraction of sp³-hybridized carbons (Fsp3) is 0.182. The first-order valence-electron chi connectivity index (χ1n) is 9.10. The van der Waals surface area contributed by atoms with Crippen molar-refractivity contribution in [3.05, 3.63) is 72.4 Å². The second kappa shape index (κ2) is 7.78. The van der Waals surface area contributed by atoms with E-state index in [0.29, 0.717) is 18.7 Å². The molecule has 1 N–H and O–H groups in total. The van der Waals surface area contributed by atoms with Crippen molar-refractivity contribution in [1.29, 1.82) is 0 Å². The quantitative estimate of drug-likeness (QED) is 0.500. The number of benzene rings is 2. The van der Waals surface area contributed by atoms with Crippen LogP contribution in [0.15, 0.2) is 61.1 Å².